The van der Waals surface area contributed by atoms with Crippen LogP contribution in [-0.2, 0) is 22.5 Å². The van der Waals surface area contributed by atoms with Gasteiger partial charge in [0, 0.05) is 30.8 Å². The number of nitrogens with zero attached hydrogens (tertiary/aromatic N) is 2. The van der Waals surface area contributed by atoms with Gasteiger partial charge in [0.15, 0.2) is 0 Å². The molecule has 1 atom stereocenters. The van der Waals surface area contributed by atoms with Crippen LogP contribution in [0.15, 0.2) is 54.7 Å². The van der Waals surface area contributed by atoms with E-state index in [4.69, 9.17) is 4.74 Å². The molecule has 0 aliphatic rings. The summed E-state index contributed by atoms with van der Waals surface area (Å²) in [4.78, 5) is 20.5. The van der Waals surface area contributed by atoms with Crippen LogP contribution >= 0.6 is 0 Å². The molecular formula is C22H24N4O2. The van der Waals surface area contributed by atoms with Crippen LogP contribution in [-0.4, -0.2) is 34.2 Å². The number of fused-ring (bicyclic) bond motifs is 2. The zero-order chi connectivity index (χ0) is 19.5. The number of aromatic amines is 1. The molecule has 0 spiro atoms. The van der Waals surface area contributed by atoms with Gasteiger partial charge in [-0.25, -0.2) is 4.98 Å². The molecule has 6 nitrogen and oxygen atoms in total. The Morgan fingerprint density at radius 3 is 2.82 bits per heavy atom. The summed E-state index contributed by atoms with van der Waals surface area (Å²) in [6.07, 6.45) is 2.38. The number of carbonyl (C=O) groups is 1. The first kappa shape index (κ1) is 18.3. The number of aromatic nitrogens is 3. The quantitative estimate of drug-likeness (QED) is 0.518. The summed E-state index contributed by atoms with van der Waals surface area (Å²) in [6, 6.07) is 15.8. The largest absolute Gasteiger partial charge is 0.383 e. The molecule has 6 heteroatoms. The summed E-state index contributed by atoms with van der Waals surface area (Å²) in [5.74, 6) is 0.736. The predicted molar refractivity (Wildman–Crippen MR) is 110 cm³/mol. The number of benzene rings is 2. The third-order valence-corrected chi connectivity index (χ3v) is 4.95. The number of amides is 1. The molecule has 0 bridgehead atoms. The molecule has 2 N–H and O–H groups in total. The second kappa shape index (κ2) is 7.86. The van der Waals surface area contributed by atoms with Gasteiger partial charge >= 0.3 is 0 Å². The number of methoxy groups -OCH3 is 1. The van der Waals surface area contributed by atoms with Crippen molar-refractivity contribution in [2.75, 3.05) is 13.7 Å². The lowest BCUT2D eigenvalue weighted by Crippen LogP contribution is -2.28. The topological polar surface area (TPSA) is 71.9 Å². The number of para-hydroxylation sites is 3. The minimum atomic E-state index is -0.193. The monoisotopic (exact) mass is 376 g/mol. The fraction of sp³-hybridized carbons (Fsp3) is 0.273. The number of hydrogen-bond donors (Lipinski definition) is 2. The van der Waals surface area contributed by atoms with Crippen molar-refractivity contribution < 1.29 is 9.53 Å². The highest BCUT2D eigenvalue weighted by Crippen LogP contribution is 2.22. The first-order valence-corrected chi connectivity index (χ1v) is 9.45. The molecule has 2 heterocycles. The summed E-state index contributed by atoms with van der Waals surface area (Å²) in [6.45, 7) is 3.33. The number of carbonyl (C=O) groups excluding carboxylic acids is 1. The van der Waals surface area contributed by atoms with Crippen LogP contribution in [0.25, 0.3) is 21.9 Å². The Hall–Kier alpha value is -3.12. The van der Waals surface area contributed by atoms with E-state index in [1.807, 2.05) is 43.3 Å². The number of hydrogen-bond acceptors (Lipinski definition) is 3. The summed E-state index contributed by atoms with van der Waals surface area (Å²) in [7, 11) is 1.69. The van der Waals surface area contributed by atoms with Crippen molar-refractivity contribution >= 4 is 27.8 Å². The number of H-pyrrole nitrogens is 1. The first-order valence-electron chi connectivity index (χ1n) is 9.45. The maximum Gasteiger partial charge on any atom is 0.225 e. The number of imidazole rings is 1. The normalized spacial score (nSPS) is 12.5. The highest BCUT2D eigenvalue weighted by molar-refractivity contribution is 5.89. The summed E-state index contributed by atoms with van der Waals surface area (Å²) < 4.78 is 7.34. The smallest absolute Gasteiger partial charge is 0.225 e. The highest BCUT2D eigenvalue weighted by atomic mass is 16.5. The molecule has 144 valence electrons. The van der Waals surface area contributed by atoms with Crippen molar-refractivity contribution in [1.29, 1.82) is 0 Å². The summed E-state index contributed by atoms with van der Waals surface area (Å²) in [5.41, 5.74) is 4.01. The van der Waals surface area contributed by atoms with Crippen LogP contribution in [0, 0.1) is 0 Å². The molecule has 0 fully saturated rings. The Morgan fingerprint density at radius 1 is 1.21 bits per heavy atom. The molecule has 0 aliphatic heterocycles. The second-order valence-corrected chi connectivity index (χ2v) is 6.96. The molecule has 4 rings (SSSR count). The van der Waals surface area contributed by atoms with Crippen LogP contribution in [0.1, 0.15) is 24.4 Å². The Morgan fingerprint density at radius 2 is 2.00 bits per heavy atom. The van der Waals surface area contributed by atoms with Crippen LogP contribution < -0.4 is 5.32 Å². The molecule has 4 aromatic rings. The molecule has 0 aliphatic carbocycles. The number of rotatable bonds is 7. The third kappa shape index (κ3) is 3.64. The van der Waals surface area contributed by atoms with E-state index in [9.17, 15) is 4.79 Å². The molecule has 1 unspecified atom stereocenters. The molecule has 0 saturated heterocycles. The molecule has 0 radical (unpaired) electrons. The molecular weight excluding hydrogens is 352 g/mol. The third-order valence-electron chi connectivity index (χ3n) is 4.95. The van der Waals surface area contributed by atoms with E-state index in [1.165, 1.54) is 0 Å². The summed E-state index contributed by atoms with van der Waals surface area (Å²) in [5, 5.41) is 4.16. The zero-order valence-electron chi connectivity index (χ0n) is 16.1. The van der Waals surface area contributed by atoms with Gasteiger partial charge in [-0.05, 0) is 30.7 Å². The van der Waals surface area contributed by atoms with Gasteiger partial charge in [0.2, 0.25) is 5.91 Å². The van der Waals surface area contributed by atoms with Gasteiger partial charge < -0.3 is 19.6 Å². The number of ether oxygens (including phenoxy) is 1. The van der Waals surface area contributed by atoms with Gasteiger partial charge in [0.1, 0.15) is 5.82 Å². The summed E-state index contributed by atoms with van der Waals surface area (Å²) >= 11 is 0. The number of nitrogens with one attached hydrogen (secondary N) is 2. The zero-order valence-corrected chi connectivity index (χ0v) is 16.1. The SMILES string of the molecule is COCCn1cc(CC(=O)NC(C)c2nc3ccccc3[nH]2)c2ccccc21. The van der Waals surface area contributed by atoms with Crippen molar-refractivity contribution in [2.45, 2.75) is 25.9 Å². The lowest BCUT2D eigenvalue weighted by atomic mass is 10.1. The lowest BCUT2D eigenvalue weighted by Gasteiger charge is -2.11. The highest BCUT2D eigenvalue weighted by Gasteiger charge is 2.16. The van der Waals surface area contributed by atoms with Crippen LogP contribution in [0.2, 0.25) is 0 Å². The molecule has 28 heavy (non-hydrogen) atoms. The van der Waals surface area contributed by atoms with E-state index < -0.39 is 0 Å². The van der Waals surface area contributed by atoms with Gasteiger partial charge in [0.05, 0.1) is 30.1 Å². The van der Waals surface area contributed by atoms with E-state index in [2.05, 4.69) is 38.2 Å². The first-order chi connectivity index (χ1) is 13.7. The van der Waals surface area contributed by atoms with Gasteiger partial charge in [0.25, 0.3) is 0 Å². The Kier molecular flexibility index (Phi) is 5.12. The van der Waals surface area contributed by atoms with Gasteiger partial charge in [-0.2, -0.15) is 0 Å². The van der Waals surface area contributed by atoms with Gasteiger partial charge in [-0.15, -0.1) is 0 Å². The average molecular weight is 376 g/mol. The standard InChI is InChI=1S/C22H24N4O2/c1-15(22-24-18-8-4-5-9-19(18)25-22)23-21(27)13-16-14-26(11-12-28-2)20-10-6-3-7-17(16)20/h3-10,14-15H,11-13H2,1-2H3,(H,23,27)(H,24,25). The maximum atomic E-state index is 12.7. The lowest BCUT2D eigenvalue weighted by molar-refractivity contribution is -0.121. The Balaban J connectivity index is 1.50. The minimum Gasteiger partial charge on any atom is -0.383 e. The molecule has 1 amide bonds. The second-order valence-electron chi connectivity index (χ2n) is 6.96. The van der Waals surface area contributed by atoms with E-state index in [0.717, 1.165) is 39.9 Å². The molecule has 2 aromatic heterocycles. The van der Waals surface area contributed by atoms with E-state index in [0.29, 0.717) is 13.0 Å². The minimum absolute atomic E-state index is 0.0254. The predicted octanol–water partition coefficient (Wildman–Crippen LogP) is 3.58. The Labute approximate surface area is 163 Å². The van der Waals surface area contributed by atoms with Crippen molar-refractivity contribution in [3.63, 3.8) is 0 Å². The van der Waals surface area contributed by atoms with Crippen LogP contribution in [0.3, 0.4) is 0 Å². The van der Waals surface area contributed by atoms with Crippen LogP contribution in [0.5, 0.6) is 0 Å². The van der Waals surface area contributed by atoms with Crippen molar-refractivity contribution in [1.82, 2.24) is 19.9 Å². The Bertz CT molecular complexity index is 1080. The van der Waals surface area contributed by atoms with Crippen molar-refractivity contribution in [3.05, 3.63) is 66.1 Å². The fourth-order valence-electron chi connectivity index (χ4n) is 3.55. The van der Waals surface area contributed by atoms with E-state index in [-0.39, 0.29) is 11.9 Å². The molecule has 2 aromatic carbocycles. The van der Waals surface area contributed by atoms with Crippen molar-refractivity contribution in [3.8, 4) is 0 Å². The van der Waals surface area contributed by atoms with E-state index in [1.54, 1.807) is 7.11 Å². The van der Waals surface area contributed by atoms with Gasteiger partial charge in [-0.1, -0.05) is 30.3 Å². The fourth-order valence-corrected chi connectivity index (χ4v) is 3.55. The van der Waals surface area contributed by atoms with Gasteiger partial charge in [-0.3, -0.25) is 4.79 Å². The van der Waals surface area contributed by atoms with Crippen LogP contribution in [0.4, 0.5) is 0 Å². The van der Waals surface area contributed by atoms with Crippen molar-refractivity contribution in [2.24, 2.45) is 0 Å². The maximum absolute atomic E-state index is 12.7. The molecule has 0 saturated carbocycles. The average Bonchev–Trinajstić information content (AvgIpc) is 3.28. The van der Waals surface area contributed by atoms with E-state index >= 15 is 0 Å².